The number of benzene rings is 2. The van der Waals surface area contributed by atoms with Crippen molar-refractivity contribution in [3.8, 4) is 22.8 Å². The second-order valence-corrected chi connectivity index (χ2v) is 8.93. The third kappa shape index (κ3) is 5.02. The predicted molar refractivity (Wildman–Crippen MR) is 119 cm³/mol. The zero-order valence-electron chi connectivity index (χ0n) is 18.2. The summed E-state index contributed by atoms with van der Waals surface area (Å²) in [5.74, 6) is 0.809. The van der Waals surface area contributed by atoms with Crippen molar-refractivity contribution in [2.45, 2.75) is 52.1 Å². The first-order valence-corrected chi connectivity index (χ1v) is 10.9. The summed E-state index contributed by atoms with van der Waals surface area (Å²) in [6, 6.07) is 16.8. The lowest BCUT2D eigenvalue weighted by molar-refractivity contribution is -0.145. The Balaban J connectivity index is 1.38. The highest BCUT2D eigenvalue weighted by molar-refractivity contribution is 5.71. The van der Waals surface area contributed by atoms with E-state index in [0.717, 1.165) is 23.1 Å². The van der Waals surface area contributed by atoms with E-state index in [4.69, 9.17) is 9.63 Å². The second kappa shape index (κ2) is 9.02. The maximum Gasteiger partial charge on any atom is 0.306 e. The Labute approximate surface area is 182 Å². The largest absolute Gasteiger partial charge is 0.481 e. The number of aliphatic carboxylic acids is 1. The molecule has 1 heterocycles. The molecule has 3 aromatic rings. The molecule has 2 aromatic carbocycles. The molecule has 1 atom stereocenters. The van der Waals surface area contributed by atoms with Crippen LogP contribution < -0.4 is 5.32 Å². The van der Waals surface area contributed by atoms with Gasteiger partial charge in [0.15, 0.2) is 0 Å². The molecule has 2 N–H and O–H groups in total. The van der Waals surface area contributed by atoms with Crippen molar-refractivity contribution in [2.75, 3.05) is 0 Å². The Morgan fingerprint density at radius 1 is 1.06 bits per heavy atom. The first-order chi connectivity index (χ1) is 14.9. The highest BCUT2D eigenvalue weighted by atomic mass is 16.5. The normalized spacial score (nSPS) is 19.2. The molecule has 1 aromatic heterocycles. The van der Waals surface area contributed by atoms with Crippen LogP contribution in [0.1, 0.15) is 50.8 Å². The summed E-state index contributed by atoms with van der Waals surface area (Å²) in [6.07, 6.45) is 2.44. The topological polar surface area (TPSA) is 88.2 Å². The van der Waals surface area contributed by atoms with E-state index in [1.54, 1.807) is 0 Å². The summed E-state index contributed by atoms with van der Waals surface area (Å²) in [5.41, 5.74) is 4.27. The van der Waals surface area contributed by atoms with Crippen LogP contribution in [0.15, 0.2) is 53.1 Å². The fourth-order valence-corrected chi connectivity index (χ4v) is 4.04. The Hall–Kier alpha value is -2.99. The monoisotopic (exact) mass is 419 g/mol. The highest BCUT2D eigenvalue weighted by Gasteiger charge is 2.34. The molecule has 1 saturated carbocycles. The molecule has 1 aliphatic carbocycles. The molecule has 6 heteroatoms. The molecule has 0 spiro atoms. The fourth-order valence-electron chi connectivity index (χ4n) is 4.04. The Morgan fingerprint density at radius 3 is 2.32 bits per heavy atom. The van der Waals surface area contributed by atoms with Crippen LogP contribution in [-0.2, 0) is 11.2 Å². The maximum absolute atomic E-state index is 11.0. The molecular formula is C25H29N3O3. The molecule has 1 aliphatic rings. The van der Waals surface area contributed by atoms with Crippen molar-refractivity contribution in [3.63, 3.8) is 0 Å². The van der Waals surface area contributed by atoms with Gasteiger partial charge in [-0.25, -0.2) is 0 Å². The van der Waals surface area contributed by atoms with E-state index in [1.807, 2.05) is 24.3 Å². The molecule has 4 rings (SSSR count). The van der Waals surface area contributed by atoms with Crippen molar-refractivity contribution in [1.82, 2.24) is 15.5 Å². The van der Waals surface area contributed by atoms with Gasteiger partial charge in [-0.1, -0.05) is 55.4 Å². The lowest BCUT2D eigenvalue weighted by Gasteiger charge is -2.35. The Morgan fingerprint density at radius 2 is 1.71 bits per heavy atom. The van der Waals surface area contributed by atoms with Crippen LogP contribution in [0.2, 0.25) is 0 Å². The van der Waals surface area contributed by atoms with Gasteiger partial charge >= 0.3 is 5.97 Å². The van der Waals surface area contributed by atoms with Crippen molar-refractivity contribution in [1.29, 1.82) is 0 Å². The summed E-state index contributed by atoms with van der Waals surface area (Å²) in [7, 11) is 0. The van der Waals surface area contributed by atoms with Gasteiger partial charge in [-0.15, -0.1) is 0 Å². The summed E-state index contributed by atoms with van der Waals surface area (Å²) in [4.78, 5) is 15.5. The van der Waals surface area contributed by atoms with Gasteiger partial charge in [0.25, 0.3) is 5.89 Å². The molecule has 31 heavy (non-hydrogen) atoms. The lowest BCUT2D eigenvalue weighted by atomic mass is 9.80. The smallest absolute Gasteiger partial charge is 0.306 e. The average Bonchev–Trinajstić information content (AvgIpc) is 3.20. The molecule has 1 unspecified atom stereocenters. The van der Waals surface area contributed by atoms with Crippen molar-refractivity contribution in [3.05, 3.63) is 59.7 Å². The molecule has 0 bridgehead atoms. The molecule has 6 nitrogen and oxygen atoms in total. The Kier molecular flexibility index (Phi) is 6.18. The molecule has 0 aliphatic heterocycles. The minimum Gasteiger partial charge on any atom is -0.481 e. The van der Waals surface area contributed by atoms with Gasteiger partial charge in [0.05, 0.1) is 5.92 Å². The minimum atomic E-state index is -0.693. The van der Waals surface area contributed by atoms with Crippen LogP contribution >= 0.6 is 0 Å². The summed E-state index contributed by atoms with van der Waals surface area (Å²) < 4.78 is 5.49. The van der Waals surface area contributed by atoms with E-state index < -0.39 is 5.97 Å². The quantitative estimate of drug-likeness (QED) is 0.527. The van der Waals surface area contributed by atoms with E-state index >= 15 is 0 Å². The molecule has 162 valence electrons. The maximum atomic E-state index is 11.0. The number of carboxylic acid groups (broad SMARTS) is 1. The van der Waals surface area contributed by atoms with Crippen LogP contribution in [0.3, 0.4) is 0 Å². The lowest BCUT2D eigenvalue weighted by Crippen LogP contribution is -2.45. The van der Waals surface area contributed by atoms with Crippen LogP contribution in [0.5, 0.6) is 0 Å². The van der Waals surface area contributed by atoms with Gasteiger partial charge < -0.3 is 14.9 Å². The highest BCUT2D eigenvalue weighted by Crippen LogP contribution is 2.30. The van der Waals surface area contributed by atoms with Crippen molar-refractivity contribution >= 4 is 5.97 Å². The standard InChI is InChI=1S/C25H29N3O3/c1-15(2)12-17-4-6-20(7-5-17)24-27-23(28-31-24)19-10-8-18(9-11-19)16(3)26-22-13-21(14-22)25(29)30/h4-11,15-16,21-22,26H,12-14H2,1-3H3,(H,29,30). The van der Waals surface area contributed by atoms with Crippen LogP contribution in [0.4, 0.5) is 0 Å². The number of hydrogen-bond acceptors (Lipinski definition) is 5. The van der Waals surface area contributed by atoms with Gasteiger partial charge in [-0.3, -0.25) is 4.79 Å². The van der Waals surface area contributed by atoms with E-state index in [1.165, 1.54) is 5.56 Å². The van der Waals surface area contributed by atoms with Crippen LogP contribution in [-0.4, -0.2) is 27.3 Å². The molecule has 0 amide bonds. The number of nitrogens with zero attached hydrogens (tertiary/aromatic N) is 2. The number of nitrogens with one attached hydrogen (secondary N) is 1. The van der Waals surface area contributed by atoms with Crippen LogP contribution in [0, 0.1) is 11.8 Å². The zero-order valence-corrected chi connectivity index (χ0v) is 18.2. The van der Waals surface area contributed by atoms with E-state index in [0.29, 0.717) is 30.5 Å². The summed E-state index contributed by atoms with van der Waals surface area (Å²) >= 11 is 0. The van der Waals surface area contributed by atoms with Crippen molar-refractivity contribution < 1.29 is 14.4 Å². The van der Waals surface area contributed by atoms with E-state index in [9.17, 15) is 4.79 Å². The molecule has 0 saturated heterocycles. The third-order valence-corrected chi connectivity index (χ3v) is 5.91. The molecule has 1 fully saturated rings. The first kappa shape index (κ1) is 21.2. The second-order valence-electron chi connectivity index (χ2n) is 8.93. The van der Waals surface area contributed by atoms with Gasteiger partial charge in [0.2, 0.25) is 5.82 Å². The molecule has 0 radical (unpaired) electrons. The van der Waals surface area contributed by atoms with Gasteiger partial charge in [-0.05, 0) is 55.4 Å². The fraction of sp³-hybridized carbons (Fsp3) is 0.400. The number of carboxylic acids is 1. The number of aromatic nitrogens is 2. The SMILES string of the molecule is CC(C)Cc1ccc(-c2nc(-c3ccc(C(C)NC4CC(C(=O)O)C4)cc3)no2)cc1. The van der Waals surface area contributed by atoms with Gasteiger partial charge in [0, 0.05) is 23.2 Å². The third-order valence-electron chi connectivity index (χ3n) is 5.91. The average molecular weight is 420 g/mol. The first-order valence-electron chi connectivity index (χ1n) is 10.9. The molecular weight excluding hydrogens is 390 g/mol. The summed E-state index contributed by atoms with van der Waals surface area (Å²) in [5, 5.41) is 16.7. The van der Waals surface area contributed by atoms with Crippen molar-refractivity contribution in [2.24, 2.45) is 11.8 Å². The minimum absolute atomic E-state index is 0.152. The summed E-state index contributed by atoms with van der Waals surface area (Å²) in [6.45, 7) is 6.52. The van der Waals surface area contributed by atoms with E-state index in [2.05, 4.69) is 60.5 Å². The van der Waals surface area contributed by atoms with Gasteiger partial charge in [-0.2, -0.15) is 4.98 Å². The number of hydrogen-bond donors (Lipinski definition) is 2. The number of rotatable bonds is 8. The number of carbonyl (C=O) groups is 1. The van der Waals surface area contributed by atoms with Gasteiger partial charge in [0.1, 0.15) is 0 Å². The predicted octanol–water partition coefficient (Wildman–Crippen LogP) is 5.12. The van der Waals surface area contributed by atoms with E-state index in [-0.39, 0.29) is 18.0 Å². The zero-order chi connectivity index (χ0) is 22.0. The Bertz CT molecular complexity index is 1020. The van der Waals surface area contributed by atoms with Crippen LogP contribution in [0.25, 0.3) is 22.8 Å².